The molecule has 2 rings (SSSR count). The zero-order chi connectivity index (χ0) is 13.8. The topological polar surface area (TPSA) is 56.5 Å². The molecule has 0 aliphatic rings. The lowest BCUT2D eigenvalue weighted by Gasteiger charge is -2.11. The normalized spacial score (nSPS) is 11.9. The van der Waals surface area contributed by atoms with E-state index in [4.69, 9.17) is 9.15 Å². The fraction of sp³-hybridized carbons (Fsp3) is 0.200. The van der Waals surface area contributed by atoms with Crippen LogP contribution in [0.1, 0.15) is 33.6 Å². The van der Waals surface area contributed by atoms with Gasteiger partial charge in [-0.05, 0) is 26.0 Å². The summed E-state index contributed by atoms with van der Waals surface area (Å²) in [6.45, 7) is 3.28. The van der Waals surface area contributed by atoms with Crippen molar-refractivity contribution in [2.75, 3.05) is 0 Å². The Hall–Kier alpha value is -2.36. The molecule has 0 N–H and O–H groups in total. The van der Waals surface area contributed by atoms with E-state index in [1.165, 1.54) is 6.07 Å². The molecule has 0 bridgehead atoms. The first-order chi connectivity index (χ1) is 9.08. The Morgan fingerprint density at radius 3 is 2.37 bits per heavy atom. The number of furan rings is 1. The van der Waals surface area contributed by atoms with Crippen molar-refractivity contribution in [2.45, 2.75) is 20.0 Å². The lowest BCUT2D eigenvalue weighted by molar-refractivity contribution is 0.0288. The lowest BCUT2D eigenvalue weighted by Crippen LogP contribution is -2.24. The largest absolute Gasteiger partial charge is 0.454 e. The van der Waals surface area contributed by atoms with Crippen LogP contribution in [0.3, 0.4) is 0 Å². The van der Waals surface area contributed by atoms with E-state index in [1.54, 1.807) is 44.2 Å². The minimum absolute atomic E-state index is 0.102. The van der Waals surface area contributed by atoms with Gasteiger partial charge in [-0.3, -0.25) is 4.79 Å². The van der Waals surface area contributed by atoms with Crippen molar-refractivity contribution in [1.82, 2.24) is 0 Å². The molecule has 0 saturated carbocycles. The summed E-state index contributed by atoms with van der Waals surface area (Å²) in [7, 11) is 0. The highest BCUT2D eigenvalue weighted by Crippen LogP contribution is 2.11. The first-order valence-corrected chi connectivity index (χ1v) is 5.94. The molecule has 1 unspecified atom stereocenters. The summed E-state index contributed by atoms with van der Waals surface area (Å²) in [6.07, 6.45) is -0.847. The first kappa shape index (κ1) is 13.1. The van der Waals surface area contributed by atoms with Crippen LogP contribution in [0.4, 0.5) is 0 Å². The number of hydrogen-bond acceptors (Lipinski definition) is 4. The highest BCUT2D eigenvalue weighted by atomic mass is 16.6. The van der Waals surface area contributed by atoms with Crippen LogP contribution in [0.25, 0.3) is 0 Å². The smallest absolute Gasteiger partial charge is 0.374 e. The van der Waals surface area contributed by atoms with E-state index in [-0.39, 0.29) is 11.5 Å². The summed E-state index contributed by atoms with van der Waals surface area (Å²) in [5.41, 5.74) is 0.512. The van der Waals surface area contributed by atoms with Gasteiger partial charge in [0.1, 0.15) is 5.76 Å². The number of aryl methyl sites for hydroxylation is 1. The van der Waals surface area contributed by atoms with Crippen LogP contribution in [0.5, 0.6) is 0 Å². The molecule has 2 aromatic rings. The van der Waals surface area contributed by atoms with Gasteiger partial charge in [0, 0.05) is 5.56 Å². The second-order valence-electron chi connectivity index (χ2n) is 4.19. The van der Waals surface area contributed by atoms with Crippen LogP contribution in [0.2, 0.25) is 0 Å². The second kappa shape index (κ2) is 5.52. The highest BCUT2D eigenvalue weighted by molar-refractivity contribution is 6.01. The Balaban J connectivity index is 2.03. The SMILES string of the molecule is Cc1ccc(C(=O)OC(C)C(=O)c2ccccc2)o1. The second-order valence-corrected chi connectivity index (χ2v) is 4.19. The zero-order valence-corrected chi connectivity index (χ0v) is 10.8. The fourth-order valence-corrected chi connectivity index (χ4v) is 1.65. The Morgan fingerprint density at radius 1 is 1.11 bits per heavy atom. The zero-order valence-electron chi connectivity index (χ0n) is 10.8. The number of ether oxygens (including phenoxy) is 1. The first-order valence-electron chi connectivity index (χ1n) is 5.94. The summed E-state index contributed by atoms with van der Waals surface area (Å²) in [6, 6.07) is 11.9. The molecule has 0 radical (unpaired) electrons. The maximum atomic E-state index is 12.0. The number of carbonyl (C=O) groups excluding carboxylic acids is 2. The molecule has 1 aromatic carbocycles. The van der Waals surface area contributed by atoms with E-state index in [2.05, 4.69) is 0 Å². The summed E-state index contributed by atoms with van der Waals surface area (Å²) in [5, 5.41) is 0. The van der Waals surface area contributed by atoms with Gasteiger partial charge in [0.05, 0.1) is 0 Å². The van der Waals surface area contributed by atoms with Gasteiger partial charge in [0.2, 0.25) is 11.5 Å². The van der Waals surface area contributed by atoms with Gasteiger partial charge in [-0.25, -0.2) is 4.79 Å². The maximum absolute atomic E-state index is 12.0. The minimum atomic E-state index is -0.847. The maximum Gasteiger partial charge on any atom is 0.374 e. The molecular formula is C15H14O4. The molecule has 4 heteroatoms. The van der Waals surface area contributed by atoms with Crippen molar-refractivity contribution in [1.29, 1.82) is 0 Å². The van der Waals surface area contributed by atoms with Crippen molar-refractivity contribution in [3.8, 4) is 0 Å². The van der Waals surface area contributed by atoms with E-state index < -0.39 is 12.1 Å². The number of Topliss-reactive ketones (excluding diaryl/α,β-unsaturated/α-hetero) is 1. The third-order valence-corrected chi connectivity index (χ3v) is 2.65. The third kappa shape index (κ3) is 3.10. The fourth-order valence-electron chi connectivity index (χ4n) is 1.65. The predicted octanol–water partition coefficient (Wildman–Crippen LogP) is 3.02. The molecule has 0 amide bonds. The van der Waals surface area contributed by atoms with Crippen molar-refractivity contribution < 1.29 is 18.7 Å². The third-order valence-electron chi connectivity index (χ3n) is 2.65. The quantitative estimate of drug-likeness (QED) is 0.624. The molecular weight excluding hydrogens is 244 g/mol. The molecule has 0 aliphatic carbocycles. The molecule has 4 nitrogen and oxygen atoms in total. The summed E-state index contributed by atoms with van der Waals surface area (Å²) >= 11 is 0. The van der Waals surface area contributed by atoms with E-state index in [0.717, 1.165) is 0 Å². The highest BCUT2D eigenvalue weighted by Gasteiger charge is 2.21. The predicted molar refractivity (Wildman–Crippen MR) is 69.1 cm³/mol. The molecule has 1 heterocycles. The molecule has 1 atom stereocenters. The minimum Gasteiger partial charge on any atom is -0.454 e. The summed E-state index contributed by atoms with van der Waals surface area (Å²) in [4.78, 5) is 23.7. The monoisotopic (exact) mass is 258 g/mol. The van der Waals surface area contributed by atoms with E-state index >= 15 is 0 Å². The molecule has 0 aliphatic heterocycles. The van der Waals surface area contributed by atoms with Gasteiger partial charge in [-0.2, -0.15) is 0 Å². The molecule has 0 fully saturated rings. The van der Waals surface area contributed by atoms with Gasteiger partial charge < -0.3 is 9.15 Å². The molecule has 0 saturated heterocycles. The van der Waals surface area contributed by atoms with Crippen LogP contribution < -0.4 is 0 Å². The Bertz CT molecular complexity index is 583. The number of hydrogen-bond donors (Lipinski definition) is 0. The van der Waals surface area contributed by atoms with E-state index in [9.17, 15) is 9.59 Å². The number of esters is 1. The van der Waals surface area contributed by atoms with Crippen LogP contribution >= 0.6 is 0 Å². The van der Waals surface area contributed by atoms with Gasteiger partial charge in [-0.1, -0.05) is 30.3 Å². The van der Waals surface area contributed by atoms with Crippen molar-refractivity contribution >= 4 is 11.8 Å². The van der Waals surface area contributed by atoms with Crippen LogP contribution in [0.15, 0.2) is 46.9 Å². The van der Waals surface area contributed by atoms with E-state index in [1.807, 2.05) is 6.07 Å². The van der Waals surface area contributed by atoms with Gasteiger partial charge in [0.15, 0.2) is 6.10 Å². The summed E-state index contributed by atoms with van der Waals surface area (Å²) in [5.74, 6) is -0.152. The average molecular weight is 258 g/mol. The van der Waals surface area contributed by atoms with Crippen molar-refractivity contribution in [3.63, 3.8) is 0 Å². The van der Waals surface area contributed by atoms with Crippen LogP contribution in [-0.2, 0) is 4.74 Å². The van der Waals surface area contributed by atoms with Crippen molar-refractivity contribution in [2.24, 2.45) is 0 Å². The molecule has 1 aromatic heterocycles. The molecule has 98 valence electrons. The van der Waals surface area contributed by atoms with Crippen molar-refractivity contribution in [3.05, 3.63) is 59.5 Å². The standard InChI is InChI=1S/C15H14O4/c1-10-8-9-13(18-10)15(17)19-11(2)14(16)12-6-4-3-5-7-12/h3-9,11H,1-2H3. The van der Waals surface area contributed by atoms with Gasteiger partial charge >= 0.3 is 5.97 Å². The van der Waals surface area contributed by atoms with Crippen LogP contribution in [-0.4, -0.2) is 17.9 Å². The Morgan fingerprint density at radius 2 is 1.79 bits per heavy atom. The number of benzene rings is 1. The number of carbonyl (C=O) groups is 2. The summed E-state index contributed by atoms with van der Waals surface area (Å²) < 4.78 is 10.2. The number of ketones is 1. The average Bonchev–Trinajstić information content (AvgIpc) is 2.85. The Kier molecular flexibility index (Phi) is 3.80. The number of rotatable bonds is 4. The lowest BCUT2D eigenvalue weighted by atomic mass is 10.1. The van der Waals surface area contributed by atoms with Gasteiger partial charge in [-0.15, -0.1) is 0 Å². The Labute approximate surface area is 111 Å². The molecule has 0 spiro atoms. The molecule has 19 heavy (non-hydrogen) atoms. The van der Waals surface area contributed by atoms with E-state index in [0.29, 0.717) is 11.3 Å². The van der Waals surface area contributed by atoms with Gasteiger partial charge in [0.25, 0.3) is 0 Å². The van der Waals surface area contributed by atoms with Crippen LogP contribution in [0, 0.1) is 6.92 Å².